The van der Waals surface area contributed by atoms with Crippen molar-refractivity contribution >= 4 is 39.3 Å². The van der Waals surface area contributed by atoms with E-state index >= 15 is 0 Å². The molecule has 1 unspecified atom stereocenters. The second-order valence-electron chi connectivity index (χ2n) is 12.5. The molecule has 0 spiro atoms. The maximum Gasteiger partial charge on any atom is 0.333 e. The first-order chi connectivity index (χ1) is 20.8. The smallest absolute Gasteiger partial charge is 0.333 e. The van der Waals surface area contributed by atoms with Gasteiger partial charge in [-0.1, -0.05) is 0 Å². The Bertz CT molecular complexity index is 1790. The van der Waals surface area contributed by atoms with Gasteiger partial charge in [0.25, 0.3) is 21.9 Å². The van der Waals surface area contributed by atoms with E-state index in [-0.39, 0.29) is 19.3 Å². The molecule has 0 radical (unpaired) electrons. The average Bonchev–Trinajstić information content (AvgIpc) is 3.26. The molecule has 6 rings (SSSR count). The van der Waals surface area contributed by atoms with E-state index in [9.17, 15) is 27.4 Å². The fourth-order valence-corrected chi connectivity index (χ4v) is 7.69. The predicted octanol–water partition coefficient (Wildman–Crippen LogP) is 2.55. The molecule has 1 saturated heterocycles. The summed E-state index contributed by atoms with van der Waals surface area (Å²) in [4.78, 5) is 48.2. The fourth-order valence-electron chi connectivity index (χ4n) is 6.89. The minimum absolute atomic E-state index is 0.0259. The van der Waals surface area contributed by atoms with Gasteiger partial charge < -0.3 is 14.5 Å². The van der Waals surface area contributed by atoms with Gasteiger partial charge in [-0.3, -0.25) is 14.1 Å². The summed E-state index contributed by atoms with van der Waals surface area (Å²) in [7, 11) is -4.28. The van der Waals surface area contributed by atoms with E-state index in [1.165, 1.54) is 5.56 Å². The van der Waals surface area contributed by atoms with Crippen LogP contribution in [0, 0.1) is 0 Å². The van der Waals surface area contributed by atoms with Gasteiger partial charge in [0.2, 0.25) is 5.36 Å². The first kappa shape index (κ1) is 30.2. The monoisotopic (exact) mass is 625 g/mol. The lowest BCUT2D eigenvalue weighted by Crippen LogP contribution is -2.50. The highest BCUT2D eigenvalue weighted by atomic mass is 32.2. The normalized spacial score (nSPS) is 20.3. The van der Waals surface area contributed by atoms with E-state index in [2.05, 4.69) is 22.5 Å². The van der Waals surface area contributed by atoms with E-state index in [0.29, 0.717) is 41.6 Å². The van der Waals surface area contributed by atoms with Crippen molar-refractivity contribution in [2.75, 3.05) is 30.3 Å². The quantitative estimate of drug-likeness (QED) is 0.227. The molecule has 4 aliphatic heterocycles. The zero-order valence-corrected chi connectivity index (χ0v) is 26.0. The molecule has 2 amide bonds. The van der Waals surface area contributed by atoms with Crippen molar-refractivity contribution in [1.29, 1.82) is 0 Å². The highest BCUT2D eigenvalue weighted by Gasteiger charge is 2.41. The zero-order valence-electron chi connectivity index (χ0n) is 25.2. The molecule has 1 N–H and O–H groups in total. The lowest BCUT2D eigenvalue weighted by Gasteiger charge is -2.48. The van der Waals surface area contributed by atoms with Crippen molar-refractivity contribution in [3.63, 3.8) is 0 Å². The number of hydrogen-bond acceptors (Lipinski definition) is 9. The molecule has 44 heavy (non-hydrogen) atoms. The molecule has 0 aliphatic carbocycles. The highest BCUT2D eigenvalue weighted by Crippen LogP contribution is 2.49. The van der Waals surface area contributed by atoms with Crippen molar-refractivity contribution in [2.45, 2.75) is 77.2 Å². The van der Waals surface area contributed by atoms with Crippen LogP contribution in [0.2, 0.25) is 0 Å². The van der Waals surface area contributed by atoms with Gasteiger partial charge in [0.15, 0.2) is 11.5 Å². The van der Waals surface area contributed by atoms with Crippen LogP contribution >= 0.6 is 0 Å². The molecule has 1 fully saturated rings. The Morgan fingerprint density at radius 3 is 2.59 bits per heavy atom. The standard InChI is InChI=1S/C31H36N4O8S/c1-4-33-11-5-7-19-13-22-26(15-24(19)33)42-27-16-25-21(14-23(27)32-22)20(18-44(39,40)41)17-31(2,3)34(25)12-6-8-30(38)43-35-28(36)9-10-29(35)37/h13-16,20H,4-12,17-18H2,1-3H3/p+1. The third kappa shape index (κ3) is 5.82. The van der Waals surface area contributed by atoms with Crippen LogP contribution in [0.1, 0.15) is 76.3 Å². The summed E-state index contributed by atoms with van der Waals surface area (Å²) in [6.07, 6.45) is 2.83. The molecule has 0 bridgehead atoms. The minimum atomic E-state index is -4.28. The number of carbonyl (C=O) groups is 3. The molecule has 4 heterocycles. The summed E-state index contributed by atoms with van der Waals surface area (Å²) in [6, 6.07) is 7.83. The van der Waals surface area contributed by atoms with Gasteiger partial charge in [-0.05, 0) is 57.7 Å². The third-order valence-corrected chi connectivity index (χ3v) is 9.73. The Balaban J connectivity index is 1.33. The summed E-state index contributed by atoms with van der Waals surface area (Å²) in [5.74, 6) is -1.47. The summed E-state index contributed by atoms with van der Waals surface area (Å²) in [6.45, 7) is 8.38. The van der Waals surface area contributed by atoms with Gasteiger partial charge in [-0.25, -0.2) is 14.4 Å². The van der Waals surface area contributed by atoms with Crippen LogP contribution in [0.4, 0.5) is 11.4 Å². The van der Waals surface area contributed by atoms with Crippen LogP contribution < -0.4 is 24.9 Å². The molecule has 2 aromatic rings. The average molecular weight is 626 g/mol. The van der Waals surface area contributed by atoms with Crippen molar-refractivity contribution in [3.8, 4) is 11.5 Å². The van der Waals surface area contributed by atoms with Crippen molar-refractivity contribution in [1.82, 2.24) is 9.64 Å². The summed E-state index contributed by atoms with van der Waals surface area (Å²) >= 11 is 0. The van der Waals surface area contributed by atoms with E-state index < -0.39 is 45.1 Å². The number of ether oxygens (including phenoxy) is 1. The number of rotatable bonds is 8. The molecule has 0 saturated carbocycles. The number of fused-ring (bicyclic) bond motifs is 4. The van der Waals surface area contributed by atoms with Gasteiger partial charge in [0.05, 0.1) is 11.8 Å². The molecular weight excluding hydrogens is 588 g/mol. The van der Waals surface area contributed by atoms with Crippen LogP contribution in [0.25, 0.3) is 0 Å². The number of hydroxylamine groups is 2. The van der Waals surface area contributed by atoms with E-state index in [1.807, 2.05) is 32.0 Å². The Kier molecular flexibility index (Phi) is 7.73. The van der Waals surface area contributed by atoms with Gasteiger partial charge in [-0.2, -0.15) is 8.42 Å². The van der Waals surface area contributed by atoms with Gasteiger partial charge >= 0.3 is 5.97 Å². The molecule has 12 nitrogen and oxygen atoms in total. The summed E-state index contributed by atoms with van der Waals surface area (Å²) < 4.78 is 42.7. The molecule has 4 aliphatic rings. The van der Waals surface area contributed by atoms with E-state index in [4.69, 9.17) is 14.6 Å². The maximum atomic E-state index is 12.5. The van der Waals surface area contributed by atoms with Gasteiger partial charge in [-0.15, -0.1) is 5.06 Å². The summed E-state index contributed by atoms with van der Waals surface area (Å²) in [5.41, 5.74) is 2.72. The Hall–Kier alpha value is -3.84. The van der Waals surface area contributed by atoms with Crippen molar-refractivity contribution in [2.24, 2.45) is 4.99 Å². The van der Waals surface area contributed by atoms with Gasteiger partial charge in [0.1, 0.15) is 24.1 Å². The van der Waals surface area contributed by atoms with Crippen LogP contribution in [-0.4, -0.2) is 66.7 Å². The predicted molar refractivity (Wildman–Crippen MR) is 160 cm³/mol. The Morgan fingerprint density at radius 2 is 1.89 bits per heavy atom. The molecule has 234 valence electrons. The topological polar surface area (TPSA) is 146 Å². The lowest BCUT2D eigenvalue weighted by atomic mass is 9.79. The second kappa shape index (κ2) is 11.3. The number of amides is 2. The third-order valence-electron chi connectivity index (χ3n) is 8.91. The first-order valence-corrected chi connectivity index (χ1v) is 16.7. The van der Waals surface area contributed by atoms with Gasteiger partial charge in [0, 0.05) is 61.0 Å². The Morgan fingerprint density at radius 1 is 1.14 bits per heavy atom. The maximum absolute atomic E-state index is 12.5. The van der Waals surface area contributed by atoms with E-state index in [1.54, 1.807) is 0 Å². The number of nitrogens with zero attached hydrogens (tertiary/aromatic N) is 4. The number of aryl methyl sites for hydroxylation is 1. The first-order valence-electron chi connectivity index (χ1n) is 15.1. The number of hydrogen-bond donors (Lipinski definition) is 1. The van der Waals surface area contributed by atoms with Crippen LogP contribution in [0.3, 0.4) is 0 Å². The molecular formula is C31H37N4O8S+. The van der Waals surface area contributed by atoms with Crippen LogP contribution in [0.15, 0.2) is 29.3 Å². The lowest BCUT2D eigenvalue weighted by molar-refractivity contribution is -0.197. The number of carbonyl (C=O) groups excluding carboxylic acids is 3. The largest absolute Gasteiger partial charge is 0.452 e. The molecule has 1 atom stereocenters. The molecule has 13 heteroatoms. The molecule has 2 aromatic carbocycles. The zero-order chi connectivity index (χ0) is 31.4. The second-order valence-corrected chi connectivity index (χ2v) is 14.0. The summed E-state index contributed by atoms with van der Waals surface area (Å²) in [5, 5.41) is 2.42. The Labute approximate surface area is 255 Å². The fraction of sp³-hybridized carbons (Fsp3) is 0.516. The number of benzene rings is 2. The van der Waals surface area contributed by atoms with E-state index in [0.717, 1.165) is 47.9 Å². The highest BCUT2D eigenvalue weighted by molar-refractivity contribution is 7.85. The SMILES string of the molecule is CC[N+]1=c2cc3c(cc2CCC1)=Nc1cc2c(cc1O3)N(CCCC(=O)ON1C(=O)CCC1=O)C(C)(C)CC2CS(=O)(=O)O. The number of imide groups is 1. The van der Waals surface area contributed by atoms with Crippen LogP contribution in [-0.2, 0) is 35.8 Å². The van der Waals surface area contributed by atoms with Crippen molar-refractivity contribution < 1.29 is 36.9 Å². The van der Waals surface area contributed by atoms with Crippen LogP contribution in [0.5, 0.6) is 11.5 Å². The van der Waals surface area contributed by atoms with Crippen molar-refractivity contribution in [3.05, 3.63) is 46.1 Å². The molecule has 0 aromatic heterocycles. The number of anilines is 1. The minimum Gasteiger partial charge on any atom is -0.452 e.